The van der Waals surface area contributed by atoms with Crippen LogP contribution < -0.4 is 5.32 Å². The molecule has 1 amide bonds. The number of hydrogen-bond acceptors (Lipinski definition) is 3. The lowest BCUT2D eigenvalue weighted by atomic mass is 9.92. The van der Waals surface area contributed by atoms with Crippen LogP contribution in [0.4, 0.5) is 0 Å². The SMILES string of the molecule is CC(C)(C)CC(=O)NCc1nncn1-c1ccccc1. The lowest BCUT2D eigenvalue weighted by molar-refractivity contribution is -0.123. The molecule has 20 heavy (non-hydrogen) atoms. The molecule has 1 heterocycles. The Labute approximate surface area is 119 Å². The second-order valence-corrected chi connectivity index (χ2v) is 5.97. The molecule has 0 saturated heterocycles. The van der Waals surface area contributed by atoms with Crippen molar-refractivity contribution < 1.29 is 4.79 Å². The van der Waals surface area contributed by atoms with E-state index in [0.717, 1.165) is 11.5 Å². The van der Waals surface area contributed by atoms with Crippen LogP contribution in [-0.4, -0.2) is 20.7 Å². The van der Waals surface area contributed by atoms with Crippen LogP contribution in [0.5, 0.6) is 0 Å². The van der Waals surface area contributed by atoms with Crippen LogP contribution in [0, 0.1) is 5.41 Å². The van der Waals surface area contributed by atoms with Crippen molar-refractivity contribution >= 4 is 5.91 Å². The van der Waals surface area contributed by atoms with Gasteiger partial charge in [0.15, 0.2) is 5.82 Å². The van der Waals surface area contributed by atoms with E-state index >= 15 is 0 Å². The summed E-state index contributed by atoms with van der Waals surface area (Å²) in [6.07, 6.45) is 2.15. The summed E-state index contributed by atoms with van der Waals surface area (Å²) in [5, 5.41) is 10.9. The summed E-state index contributed by atoms with van der Waals surface area (Å²) in [5.74, 6) is 0.749. The van der Waals surface area contributed by atoms with Gasteiger partial charge in [0.25, 0.3) is 0 Å². The Balaban J connectivity index is 2.02. The number of nitrogens with one attached hydrogen (secondary N) is 1. The Hall–Kier alpha value is -2.17. The van der Waals surface area contributed by atoms with Gasteiger partial charge in [-0.2, -0.15) is 0 Å². The number of benzene rings is 1. The molecule has 0 aliphatic heterocycles. The Morgan fingerprint density at radius 2 is 1.95 bits per heavy atom. The van der Waals surface area contributed by atoms with Gasteiger partial charge in [-0.25, -0.2) is 0 Å². The van der Waals surface area contributed by atoms with E-state index < -0.39 is 0 Å². The summed E-state index contributed by atoms with van der Waals surface area (Å²) in [6.45, 7) is 6.50. The highest BCUT2D eigenvalue weighted by molar-refractivity contribution is 5.76. The first-order chi connectivity index (χ1) is 9.46. The van der Waals surface area contributed by atoms with Crippen LogP contribution in [0.2, 0.25) is 0 Å². The zero-order valence-corrected chi connectivity index (χ0v) is 12.1. The number of hydrogen-bond donors (Lipinski definition) is 1. The minimum absolute atomic E-state index is 0.0167. The fourth-order valence-electron chi connectivity index (χ4n) is 1.91. The summed E-state index contributed by atoms with van der Waals surface area (Å²) < 4.78 is 1.87. The molecule has 0 aliphatic carbocycles. The van der Waals surface area contributed by atoms with E-state index in [4.69, 9.17) is 0 Å². The molecule has 1 aromatic carbocycles. The predicted molar refractivity (Wildman–Crippen MR) is 77.3 cm³/mol. The minimum Gasteiger partial charge on any atom is -0.349 e. The van der Waals surface area contributed by atoms with Crippen LogP contribution >= 0.6 is 0 Å². The summed E-state index contributed by atoms with van der Waals surface area (Å²) in [5.41, 5.74) is 0.967. The van der Waals surface area contributed by atoms with Crippen LogP contribution in [-0.2, 0) is 11.3 Å². The molecule has 2 aromatic rings. The first-order valence-electron chi connectivity index (χ1n) is 6.67. The number of carbonyl (C=O) groups is 1. The maximum absolute atomic E-state index is 11.8. The lowest BCUT2D eigenvalue weighted by Crippen LogP contribution is -2.28. The van der Waals surface area contributed by atoms with Crippen LogP contribution in [0.3, 0.4) is 0 Å². The van der Waals surface area contributed by atoms with E-state index in [2.05, 4.69) is 15.5 Å². The van der Waals surface area contributed by atoms with Crippen molar-refractivity contribution in [1.29, 1.82) is 0 Å². The molecule has 0 aliphatic rings. The van der Waals surface area contributed by atoms with Crippen LogP contribution in [0.15, 0.2) is 36.7 Å². The molecule has 0 fully saturated rings. The van der Waals surface area contributed by atoms with E-state index in [1.165, 1.54) is 0 Å². The van der Waals surface area contributed by atoms with Gasteiger partial charge in [-0.15, -0.1) is 10.2 Å². The van der Waals surface area contributed by atoms with Crippen molar-refractivity contribution in [2.75, 3.05) is 0 Å². The molecule has 1 N–H and O–H groups in total. The van der Waals surface area contributed by atoms with Gasteiger partial charge in [0.05, 0.1) is 6.54 Å². The first-order valence-corrected chi connectivity index (χ1v) is 6.67. The summed E-state index contributed by atoms with van der Waals surface area (Å²) in [4.78, 5) is 11.8. The van der Waals surface area contributed by atoms with Gasteiger partial charge >= 0.3 is 0 Å². The normalized spacial score (nSPS) is 11.3. The maximum Gasteiger partial charge on any atom is 0.220 e. The Morgan fingerprint density at radius 1 is 1.25 bits per heavy atom. The predicted octanol–water partition coefficient (Wildman–Crippen LogP) is 2.32. The van der Waals surface area contributed by atoms with Gasteiger partial charge in [0.2, 0.25) is 5.91 Å². The zero-order chi connectivity index (χ0) is 14.6. The summed E-state index contributed by atoms with van der Waals surface area (Å²) in [6, 6.07) is 9.82. The van der Waals surface area contributed by atoms with Crippen molar-refractivity contribution in [3.05, 3.63) is 42.5 Å². The highest BCUT2D eigenvalue weighted by Crippen LogP contribution is 2.18. The summed E-state index contributed by atoms with van der Waals surface area (Å²) >= 11 is 0. The second-order valence-electron chi connectivity index (χ2n) is 5.97. The Kier molecular flexibility index (Phi) is 4.17. The second kappa shape index (κ2) is 5.86. The van der Waals surface area contributed by atoms with E-state index in [9.17, 15) is 4.79 Å². The first kappa shape index (κ1) is 14.2. The molecule has 5 heteroatoms. The fraction of sp³-hybridized carbons (Fsp3) is 0.400. The molecular formula is C15H20N4O. The number of rotatable bonds is 4. The monoisotopic (exact) mass is 272 g/mol. The number of para-hydroxylation sites is 1. The van der Waals surface area contributed by atoms with E-state index in [1.54, 1.807) is 6.33 Å². The van der Waals surface area contributed by atoms with E-state index in [1.807, 2.05) is 55.7 Å². The third-order valence-electron chi connectivity index (χ3n) is 2.79. The van der Waals surface area contributed by atoms with Crippen LogP contribution in [0.25, 0.3) is 5.69 Å². The molecular weight excluding hydrogens is 252 g/mol. The molecule has 0 spiro atoms. The third kappa shape index (κ3) is 3.91. The average Bonchev–Trinajstić information content (AvgIpc) is 2.83. The lowest BCUT2D eigenvalue weighted by Gasteiger charge is -2.17. The number of aromatic nitrogens is 3. The third-order valence-corrected chi connectivity index (χ3v) is 2.79. The van der Waals surface area contributed by atoms with E-state index in [-0.39, 0.29) is 11.3 Å². The zero-order valence-electron chi connectivity index (χ0n) is 12.1. The van der Waals surface area contributed by atoms with Crippen molar-refractivity contribution in [3.8, 4) is 5.69 Å². The molecule has 5 nitrogen and oxygen atoms in total. The largest absolute Gasteiger partial charge is 0.349 e. The Bertz CT molecular complexity index is 569. The smallest absolute Gasteiger partial charge is 0.220 e. The fourth-order valence-corrected chi connectivity index (χ4v) is 1.91. The van der Waals surface area contributed by atoms with Gasteiger partial charge in [-0.3, -0.25) is 9.36 Å². The molecule has 0 bridgehead atoms. The van der Waals surface area contributed by atoms with Crippen molar-refractivity contribution in [2.45, 2.75) is 33.7 Å². The van der Waals surface area contributed by atoms with E-state index in [0.29, 0.717) is 13.0 Å². The average molecular weight is 272 g/mol. The highest BCUT2D eigenvalue weighted by Gasteiger charge is 2.16. The van der Waals surface area contributed by atoms with Gasteiger partial charge in [-0.05, 0) is 17.5 Å². The quantitative estimate of drug-likeness (QED) is 0.929. The van der Waals surface area contributed by atoms with Crippen LogP contribution in [0.1, 0.15) is 33.0 Å². The van der Waals surface area contributed by atoms with Gasteiger partial charge in [-0.1, -0.05) is 39.0 Å². The molecule has 1 aromatic heterocycles. The highest BCUT2D eigenvalue weighted by atomic mass is 16.1. The summed E-state index contributed by atoms with van der Waals surface area (Å²) in [7, 11) is 0. The standard InChI is InChI=1S/C15H20N4O/c1-15(2,3)9-14(20)16-10-13-18-17-11-19(13)12-7-5-4-6-8-12/h4-8,11H,9-10H2,1-3H3,(H,16,20). The van der Waals surface area contributed by atoms with Gasteiger partial charge in [0, 0.05) is 12.1 Å². The topological polar surface area (TPSA) is 59.8 Å². The van der Waals surface area contributed by atoms with Crippen molar-refractivity contribution in [1.82, 2.24) is 20.1 Å². The number of carbonyl (C=O) groups excluding carboxylic acids is 1. The van der Waals surface area contributed by atoms with Crippen molar-refractivity contribution in [2.24, 2.45) is 5.41 Å². The molecule has 0 atom stereocenters. The number of nitrogens with zero attached hydrogens (tertiary/aromatic N) is 3. The molecule has 0 radical (unpaired) electrons. The minimum atomic E-state index is -0.0167. The molecule has 106 valence electrons. The number of amides is 1. The molecule has 2 rings (SSSR count). The molecule has 0 saturated carbocycles. The Morgan fingerprint density at radius 3 is 2.60 bits per heavy atom. The van der Waals surface area contributed by atoms with Gasteiger partial charge < -0.3 is 5.32 Å². The maximum atomic E-state index is 11.8. The van der Waals surface area contributed by atoms with Crippen molar-refractivity contribution in [3.63, 3.8) is 0 Å². The molecule has 0 unspecified atom stereocenters. The van der Waals surface area contributed by atoms with Gasteiger partial charge in [0.1, 0.15) is 6.33 Å².